The Labute approximate surface area is 116 Å². The smallest absolute Gasteiger partial charge is 0.363 e. The summed E-state index contributed by atoms with van der Waals surface area (Å²) in [4.78, 5) is 16.1. The van der Waals surface area contributed by atoms with Crippen LogP contribution >= 0.6 is 0 Å². The number of carbonyl (C=O) groups is 1. The number of aliphatic imine (C=N–C) groups is 1. The Morgan fingerprint density at radius 3 is 2.60 bits per heavy atom. The van der Waals surface area contributed by atoms with Crippen LogP contribution in [0.5, 0.6) is 0 Å². The van der Waals surface area contributed by atoms with Crippen LogP contribution in [0.15, 0.2) is 51.5 Å². The number of esters is 1. The number of benzene rings is 1. The minimum absolute atomic E-state index is 0.248. The van der Waals surface area contributed by atoms with Crippen LogP contribution in [-0.2, 0) is 9.53 Å². The first-order valence-corrected chi connectivity index (χ1v) is 6.28. The molecule has 1 aliphatic heterocycles. The quantitative estimate of drug-likeness (QED) is 0.620. The van der Waals surface area contributed by atoms with E-state index in [1.54, 1.807) is 12.1 Å². The molecule has 2 aromatic rings. The van der Waals surface area contributed by atoms with Crippen LogP contribution in [-0.4, -0.2) is 11.9 Å². The van der Waals surface area contributed by atoms with Crippen LogP contribution in [0.3, 0.4) is 0 Å². The molecular formula is C16H13NO3. The van der Waals surface area contributed by atoms with Gasteiger partial charge in [-0.15, -0.1) is 0 Å². The Kier molecular flexibility index (Phi) is 2.99. The fraction of sp³-hybridized carbons (Fsp3) is 0.125. The van der Waals surface area contributed by atoms with Gasteiger partial charge in [0, 0.05) is 11.6 Å². The second kappa shape index (κ2) is 4.81. The summed E-state index contributed by atoms with van der Waals surface area (Å²) in [7, 11) is 0. The van der Waals surface area contributed by atoms with Gasteiger partial charge in [-0.1, -0.05) is 18.2 Å². The number of ether oxygens (including phenoxy) is 1. The summed E-state index contributed by atoms with van der Waals surface area (Å²) in [5.41, 5.74) is 2.08. The van der Waals surface area contributed by atoms with Crippen LogP contribution in [0.2, 0.25) is 0 Å². The topological polar surface area (TPSA) is 51.8 Å². The van der Waals surface area contributed by atoms with Crippen LogP contribution in [0.4, 0.5) is 0 Å². The second-order valence-electron chi connectivity index (χ2n) is 4.60. The highest BCUT2D eigenvalue weighted by Crippen LogP contribution is 2.21. The highest BCUT2D eigenvalue weighted by Gasteiger charge is 2.25. The van der Waals surface area contributed by atoms with Crippen molar-refractivity contribution in [2.45, 2.75) is 13.8 Å². The van der Waals surface area contributed by atoms with E-state index in [0.717, 1.165) is 16.9 Å². The molecule has 4 heteroatoms. The summed E-state index contributed by atoms with van der Waals surface area (Å²) >= 11 is 0. The van der Waals surface area contributed by atoms with Crippen LogP contribution in [0.25, 0.3) is 6.08 Å². The van der Waals surface area contributed by atoms with E-state index in [1.165, 1.54) is 0 Å². The third kappa shape index (κ3) is 2.28. The summed E-state index contributed by atoms with van der Waals surface area (Å²) in [5.74, 6) is 1.25. The monoisotopic (exact) mass is 267 g/mol. The molecule has 2 heterocycles. The van der Waals surface area contributed by atoms with Gasteiger partial charge in [-0.3, -0.25) is 0 Å². The van der Waals surface area contributed by atoms with Crippen molar-refractivity contribution >= 4 is 17.9 Å². The molecule has 100 valence electrons. The van der Waals surface area contributed by atoms with E-state index in [-0.39, 0.29) is 5.70 Å². The molecule has 20 heavy (non-hydrogen) atoms. The van der Waals surface area contributed by atoms with E-state index in [2.05, 4.69) is 4.99 Å². The van der Waals surface area contributed by atoms with Crippen molar-refractivity contribution in [3.63, 3.8) is 0 Å². The first-order chi connectivity index (χ1) is 9.63. The summed E-state index contributed by atoms with van der Waals surface area (Å²) in [6.45, 7) is 3.79. The molecule has 0 saturated carbocycles. The van der Waals surface area contributed by atoms with Crippen molar-refractivity contribution in [2.24, 2.45) is 4.99 Å². The number of hydrogen-bond donors (Lipinski definition) is 0. The van der Waals surface area contributed by atoms with Crippen molar-refractivity contribution in [2.75, 3.05) is 0 Å². The second-order valence-corrected chi connectivity index (χ2v) is 4.60. The average Bonchev–Trinajstić information content (AvgIpc) is 2.98. The molecule has 1 aliphatic rings. The first kappa shape index (κ1) is 12.4. The summed E-state index contributed by atoms with van der Waals surface area (Å²) in [6, 6.07) is 11.3. The highest BCUT2D eigenvalue weighted by atomic mass is 16.6. The molecule has 0 atom stereocenters. The third-order valence-electron chi connectivity index (χ3n) is 3.04. The molecule has 0 spiro atoms. The molecule has 0 unspecified atom stereocenters. The van der Waals surface area contributed by atoms with Gasteiger partial charge >= 0.3 is 5.97 Å². The van der Waals surface area contributed by atoms with Gasteiger partial charge in [0.2, 0.25) is 5.90 Å². The largest absolute Gasteiger partial charge is 0.462 e. The number of furan rings is 1. The molecule has 1 aromatic carbocycles. The number of hydrogen-bond acceptors (Lipinski definition) is 4. The van der Waals surface area contributed by atoms with Crippen molar-refractivity contribution in [1.82, 2.24) is 0 Å². The van der Waals surface area contributed by atoms with Gasteiger partial charge in [-0.2, -0.15) is 0 Å². The van der Waals surface area contributed by atoms with Gasteiger partial charge in [-0.05, 0) is 37.6 Å². The molecule has 0 N–H and O–H groups in total. The van der Waals surface area contributed by atoms with Crippen molar-refractivity contribution < 1.29 is 13.9 Å². The summed E-state index contributed by atoms with van der Waals surface area (Å²) in [5, 5.41) is 0. The maximum Gasteiger partial charge on any atom is 0.363 e. The van der Waals surface area contributed by atoms with Gasteiger partial charge in [0.05, 0.1) is 0 Å². The van der Waals surface area contributed by atoms with Gasteiger partial charge in [0.1, 0.15) is 11.5 Å². The van der Waals surface area contributed by atoms with E-state index in [0.29, 0.717) is 11.7 Å². The average molecular weight is 267 g/mol. The van der Waals surface area contributed by atoms with Crippen molar-refractivity contribution in [3.8, 4) is 0 Å². The minimum Gasteiger partial charge on any atom is -0.462 e. The molecule has 1 aromatic heterocycles. The van der Waals surface area contributed by atoms with Crippen LogP contribution in [0, 0.1) is 13.8 Å². The fourth-order valence-electron chi connectivity index (χ4n) is 2.00. The molecule has 0 bridgehead atoms. The zero-order valence-electron chi connectivity index (χ0n) is 11.2. The lowest BCUT2D eigenvalue weighted by Crippen LogP contribution is -2.06. The van der Waals surface area contributed by atoms with E-state index >= 15 is 0 Å². The lowest BCUT2D eigenvalue weighted by molar-refractivity contribution is -0.129. The zero-order chi connectivity index (χ0) is 14.1. The molecular weight excluding hydrogens is 254 g/mol. The van der Waals surface area contributed by atoms with Gasteiger partial charge in [0.15, 0.2) is 5.70 Å². The maximum atomic E-state index is 11.8. The Morgan fingerprint density at radius 2 is 1.90 bits per heavy atom. The SMILES string of the molecule is Cc1ccc(C=C2N=C(c3ccccc3C)OC2=O)o1. The zero-order valence-corrected chi connectivity index (χ0v) is 11.2. The molecule has 0 aliphatic carbocycles. The lowest BCUT2D eigenvalue weighted by atomic mass is 10.1. The Balaban J connectivity index is 1.97. The Morgan fingerprint density at radius 1 is 1.10 bits per heavy atom. The fourth-order valence-corrected chi connectivity index (χ4v) is 2.00. The number of rotatable bonds is 2. The van der Waals surface area contributed by atoms with Crippen molar-refractivity contribution in [1.29, 1.82) is 0 Å². The molecule has 0 radical (unpaired) electrons. The van der Waals surface area contributed by atoms with Crippen LogP contribution in [0.1, 0.15) is 22.6 Å². The van der Waals surface area contributed by atoms with E-state index in [4.69, 9.17) is 9.15 Å². The molecule has 3 rings (SSSR count). The van der Waals surface area contributed by atoms with Crippen LogP contribution < -0.4 is 0 Å². The van der Waals surface area contributed by atoms with E-state index in [1.807, 2.05) is 44.2 Å². The molecule has 4 nitrogen and oxygen atoms in total. The predicted molar refractivity (Wildman–Crippen MR) is 75.2 cm³/mol. The van der Waals surface area contributed by atoms with E-state index in [9.17, 15) is 4.79 Å². The van der Waals surface area contributed by atoms with Gasteiger partial charge in [0.25, 0.3) is 0 Å². The minimum atomic E-state index is -0.461. The maximum absolute atomic E-state index is 11.8. The van der Waals surface area contributed by atoms with Crippen molar-refractivity contribution in [3.05, 3.63) is 64.7 Å². The Bertz CT molecular complexity index is 738. The lowest BCUT2D eigenvalue weighted by Gasteiger charge is -2.02. The van der Waals surface area contributed by atoms with Gasteiger partial charge < -0.3 is 9.15 Å². The standard InChI is InChI=1S/C16H13NO3/c1-10-5-3-4-6-13(10)15-17-14(16(18)20-15)9-12-8-7-11(2)19-12/h3-9H,1-2H3. The third-order valence-corrected chi connectivity index (χ3v) is 3.04. The number of aryl methyl sites for hydroxylation is 2. The predicted octanol–water partition coefficient (Wildman–Crippen LogP) is 3.24. The summed E-state index contributed by atoms with van der Waals surface area (Å²) < 4.78 is 10.6. The Hall–Kier alpha value is -2.62. The summed E-state index contributed by atoms with van der Waals surface area (Å²) in [6.07, 6.45) is 1.58. The molecule has 0 saturated heterocycles. The van der Waals surface area contributed by atoms with E-state index < -0.39 is 5.97 Å². The number of carbonyl (C=O) groups excluding carboxylic acids is 1. The molecule has 0 amide bonds. The normalized spacial score (nSPS) is 16.4. The van der Waals surface area contributed by atoms with Gasteiger partial charge in [-0.25, -0.2) is 9.79 Å². The molecule has 0 fully saturated rings. The first-order valence-electron chi connectivity index (χ1n) is 6.28. The highest BCUT2D eigenvalue weighted by molar-refractivity contribution is 6.13. The number of cyclic esters (lactones) is 1. The number of nitrogens with zero attached hydrogens (tertiary/aromatic N) is 1.